The van der Waals surface area contributed by atoms with Crippen molar-refractivity contribution in [3.05, 3.63) is 41.5 Å². The summed E-state index contributed by atoms with van der Waals surface area (Å²) in [6.07, 6.45) is 1.66. The highest BCUT2D eigenvalue weighted by Gasteiger charge is 2.33. The molecule has 7 heteroatoms. The summed E-state index contributed by atoms with van der Waals surface area (Å²) in [5.41, 5.74) is 1.26. The summed E-state index contributed by atoms with van der Waals surface area (Å²) in [6, 6.07) is 5.57. The summed E-state index contributed by atoms with van der Waals surface area (Å²) >= 11 is 0. The number of rotatable bonds is 5. The Labute approximate surface area is 153 Å². The van der Waals surface area contributed by atoms with Gasteiger partial charge in [-0.25, -0.2) is 0 Å². The van der Waals surface area contributed by atoms with Crippen LogP contribution in [0.25, 0.3) is 0 Å². The maximum atomic E-state index is 12.9. The van der Waals surface area contributed by atoms with Gasteiger partial charge in [0.2, 0.25) is 0 Å². The van der Waals surface area contributed by atoms with Gasteiger partial charge in [0, 0.05) is 37.4 Å². The quantitative estimate of drug-likeness (QED) is 0.817. The maximum Gasteiger partial charge on any atom is 0.276 e. The van der Waals surface area contributed by atoms with Crippen LogP contribution in [0.15, 0.2) is 28.9 Å². The minimum absolute atomic E-state index is 0.0798. The van der Waals surface area contributed by atoms with E-state index >= 15 is 0 Å². The molecule has 1 aliphatic rings. The van der Waals surface area contributed by atoms with E-state index in [1.54, 1.807) is 12.3 Å². The van der Waals surface area contributed by atoms with Gasteiger partial charge < -0.3 is 19.1 Å². The van der Waals surface area contributed by atoms with Gasteiger partial charge in [0.05, 0.1) is 6.20 Å². The zero-order valence-corrected chi connectivity index (χ0v) is 15.8. The first-order valence-corrected chi connectivity index (χ1v) is 8.94. The van der Waals surface area contributed by atoms with E-state index in [0.29, 0.717) is 29.7 Å². The van der Waals surface area contributed by atoms with E-state index in [1.807, 2.05) is 24.0 Å². The lowest BCUT2D eigenvalue weighted by atomic mass is 9.99. The molecule has 7 nitrogen and oxygen atoms in total. The Morgan fingerprint density at radius 1 is 1.38 bits per heavy atom. The fourth-order valence-corrected chi connectivity index (χ4v) is 3.10. The first-order valence-electron chi connectivity index (χ1n) is 8.94. The largest absolute Gasteiger partial charge is 0.484 e. The van der Waals surface area contributed by atoms with Crippen molar-refractivity contribution in [2.75, 3.05) is 26.7 Å². The number of piperazine rings is 1. The molecular formula is C19H26N4O3. The summed E-state index contributed by atoms with van der Waals surface area (Å²) in [5.74, 6) is 1.47. The van der Waals surface area contributed by atoms with Crippen LogP contribution in [0.4, 0.5) is 0 Å². The van der Waals surface area contributed by atoms with E-state index in [4.69, 9.17) is 9.26 Å². The highest BCUT2D eigenvalue weighted by Crippen LogP contribution is 2.20. The number of pyridine rings is 1. The van der Waals surface area contributed by atoms with Crippen LogP contribution in [0.2, 0.25) is 0 Å². The topological polar surface area (TPSA) is 71.7 Å². The Hall–Kier alpha value is -2.41. The van der Waals surface area contributed by atoms with E-state index in [-0.39, 0.29) is 18.6 Å². The number of carbonyl (C=O) groups excluding carboxylic acids is 1. The van der Waals surface area contributed by atoms with Crippen LogP contribution in [-0.2, 0) is 6.61 Å². The standard InChI is InChI=1S/C19H26N4O3/c1-13(2)18-11-22(4)7-8-23(18)19(24)17-9-16(26-21-17)12-25-15-6-5-14(3)20-10-15/h5-6,9-10,13,18H,7-8,11-12H2,1-4H3/t18-/m1/s1. The lowest BCUT2D eigenvalue weighted by Crippen LogP contribution is -2.56. The van der Waals surface area contributed by atoms with E-state index in [2.05, 4.69) is 35.9 Å². The number of nitrogens with zero attached hydrogens (tertiary/aromatic N) is 4. The minimum Gasteiger partial charge on any atom is -0.484 e. The number of likely N-dealkylation sites (N-methyl/N-ethyl adjacent to an activating group) is 1. The average molecular weight is 358 g/mol. The molecule has 0 unspecified atom stereocenters. The Morgan fingerprint density at radius 3 is 2.88 bits per heavy atom. The molecule has 0 saturated carbocycles. The molecular weight excluding hydrogens is 332 g/mol. The molecule has 26 heavy (non-hydrogen) atoms. The third kappa shape index (κ3) is 4.22. The molecule has 140 valence electrons. The van der Waals surface area contributed by atoms with Crippen LogP contribution in [0, 0.1) is 12.8 Å². The molecule has 0 spiro atoms. The molecule has 3 heterocycles. The van der Waals surface area contributed by atoms with Gasteiger partial charge in [-0.15, -0.1) is 0 Å². The second-order valence-corrected chi connectivity index (χ2v) is 7.17. The zero-order chi connectivity index (χ0) is 18.7. The molecule has 0 aromatic carbocycles. The van der Waals surface area contributed by atoms with Crippen LogP contribution in [-0.4, -0.2) is 58.6 Å². The molecule has 1 aliphatic heterocycles. The summed E-state index contributed by atoms with van der Waals surface area (Å²) in [6.45, 7) is 8.85. The molecule has 2 aromatic rings. The highest BCUT2D eigenvalue weighted by molar-refractivity contribution is 5.92. The van der Waals surface area contributed by atoms with Crippen molar-refractivity contribution in [1.82, 2.24) is 19.9 Å². The van der Waals surface area contributed by atoms with Gasteiger partial charge in [-0.2, -0.15) is 0 Å². The number of amides is 1. The monoisotopic (exact) mass is 358 g/mol. The number of aryl methyl sites for hydroxylation is 1. The molecule has 1 atom stereocenters. The normalized spacial score (nSPS) is 18.3. The predicted molar refractivity (Wildman–Crippen MR) is 97.0 cm³/mol. The number of ether oxygens (including phenoxy) is 1. The van der Waals surface area contributed by atoms with Crippen LogP contribution < -0.4 is 4.74 Å². The SMILES string of the molecule is Cc1ccc(OCc2cc(C(=O)N3CCN(C)C[C@@H]3C(C)C)no2)cn1. The molecule has 1 saturated heterocycles. The first-order chi connectivity index (χ1) is 12.4. The van der Waals surface area contributed by atoms with E-state index in [0.717, 1.165) is 18.8 Å². The van der Waals surface area contributed by atoms with Crippen LogP contribution in [0.5, 0.6) is 5.75 Å². The summed E-state index contributed by atoms with van der Waals surface area (Å²) in [7, 11) is 2.09. The lowest BCUT2D eigenvalue weighted by Gasteiger charge is -2.41. The third-order valence-corrected chi connectivity index (χ3v) is 4.70. The van der Waals surface area contributed by atoms with E-state index in [1.165, 1.54) is 0 Å². The maximum absolute atomic E-state index is 12.9. The van der Waals surface area contributed by atoms with Crippen molar-refractivity contribution in [2.24, 2.45) is 5.92 Å². The Kier molecular flexibility index (Phi) is 5.56. The van der Waals surface area contributed by atoms with Gasteiger partial charge >= 0.3 is 0 Å². The van der Waals surface area contributed by atoms with E-state index in [9.17, 15) is 4.79 Å². The Bertz CT molecular complexity index is 741. The molecule has 0 radical (unpaired) electrons. The summed E-state index contributed by atoms with van der Waals surface area (Å²) < 4.78 is 10.9. The second-order valence-electron chi connectivity index (χ2n) is 7.17. The molecule has 0 bridgehead atoms. The van der Waals surface area contributed by atoms with Crippen molar-refractivity contribution >= 4 is 5.91 Å². The molecule has 3 rings (SSSR count). The number of carbonyl (C=O) groups is 1. The fraction of sp³-hybridized carbons (Fsp3) is 0.526. The van der Waals surface area contributed by atoms with Crippen molar-refractivity contribution < 1.29 is 14.1 Å². The number of hydrogen-bond donors (Lipinski definition) is 0. The predicted octanol–water partition coefficient (Wildman–Crippen LogP) is 2.37. The van der Waals surface area contributed by atoms with E-state index < -0.39 is 0 Å². The van der Waals surface area contributed by atoms with Gasteiger partial charge in [-0.05, 0) is 32.0 Å². The second kappa shape index (κ2) is 7.86. The first kappa shape index (κ1) is 18.4. The average Bonchev–Trinajstić information content (AvgIpc) is 3.09. The Morgan fingerprint density at radius 2 is 2.19 bits per heavy atom. The van der Waals surface area contributed by atoms with Crippen LogP contribution in [0.1, 0.15) is 35.8 Å². The fourth-order valence-electron chi connectivity index (χ4n) is 3.10. The molecule has 1 amide bonds. The van der Waals surface area contributed by atoms with Crippen molar-refractivity contribution in [1.29, 1.82) is 0 Å². The van der Waals surface area contributed by atoms with Crippen molar-refractivity contribution in [2.45, 2.75) is 33.4 Å². The summed E-state index contributed by atoms with van der Waals surface area (Å²) in [5, 5.41) is 3.96. The van der Waals surface area contributed by atoms with Crippen molar-refractivity contribution in [3.63, 3.8) is 0 Å². The zero-order valence-electron chi connectivity index (χ0n) is 15.8. The highest BCUT2D eigenvalue weighted by atomic mass is 16.5. The van der Waals surface area contributed by atoms with Crippen molar-refractivity contribution in [3.8, 4) is 5.75 Å². The Balaban J connectivity index is 1.64. The van der Waals surface area contributed by atoms with Gasteiger partial charge in [-0.3, -0.25) is 9.78 Å². The summed E-state index contributed by atoms with van der Waals surface area (Å²) in [4.78, 5) is 21.2. The number of aromatic nitrogens is 2. The smallest absolute Gasteiger partial charge is 0.276 e. The van der Waals surface area contributed by atoms with Crippen LogP contribution in [0.3, 0.4) is 0 Å². The molecule has 2 aromatic heterocycles. The lowest BCUT2D eigenvalue weighted by molar-refractivity contribution is 0.0393. The van der Waals surface area contributed by atoms with Gasteiger partial charge in [0.25, 0.3) is 5.91 Å². The number of hydrogen-bond acceptors (Lipinski definition) is 6. The van der Waals surface area contributed by atoms with Gasteiger partial charge in [-0.1, -0.05) is 19.0 Å². The van der Waals surface area contributed by atoms with Crippen LogP contribution >= 0.6 is 0 Å². The molecule has 0 aliphatic carbocycles. The van der Waals surface area contributed by atoms with Gasteiger partial charge in [0.1, 0.15) is 12.4 Å². The molecule has 0 N–H and O–H groups in total. The van der Waals surface area contributed by atoms with Gasteiger partial charge in [0.15, 0.2) is 11.5 Å². The third-order valence-electron chi connectivity index (χ3n) is 4.70. The minimum atomic E-state index is -0.0798. The molecule has 1 fully saturated rings.